The molecule has 1 N–H and O–H groups in total. The van der Waals surface area contributed by atoms with E-state index in [1.165, 1.54) is 17.0 Å². The molecule has 1 saturated heterocycles. The largest absolute Gasteiger partial charge is 0.480 e. The second-order valence-corrected chi connectivity index (χ2v) is 5.90. The summed E-state index contributed by atoms with van der Waals surface area (Å²) in [7, 11) is 1.66. The van der Waals surface area contributed by atoms with E-state index in [9.17, 15) is 14.0 Å². The van der Waals surface area contributed by atoms with E-state index in [4.69, 9.17) is 21.4 Å². The first-order valence-electron chi connectivity index (χ1n) is 7.13. The van der Waals surface area contributed by atoms with Gasteiger partial charge >= 0.3 is 5.97 Å². The molecule has 0 aliphatic carbocycles. The SMILES string of the molecule is CN(CC(=O)O)C[C@@H]1CN(C(=O)c2ccc(Cl)cc2F)CCO1. The number of amides is 1. The minimum absolute atomic E-state index is 0.0334. The number of aliphatic carboxylic acids is 1. The third-order valence-corrected chi connectivity index (χ3v) is 3.74. The van der Waals surface area contributed by atoms with Gasteiger partial charge in [0.15, 0.2) is 0 Å². The van der Waals surface area contributed by atoms with Crippen LogP contribution in [0.15, 0.2) is 18.2 Å². The van der Waals surface area contributed by atoms with E-state index < -0.39 is 17.7 Å². The summed E-state index contributed by atoms with van der Waals surface area (Å²) in [6.07, 6.45) is -0.313. The van der Waals surface area contributed by atoms with Gasteiger partial charge in [0.25, 0.3) is 5.91 Å². The van der Waals surface area contributed by atoms with Gasteiger partial charge in [-0.25, -0.2) is 4.39 Å². The van der Waals surface area contributed by atoms with Crippen LogP contribution in [0, 0.1) is 5.82 Å². The summed E-state index contributed by atoms with van der Waals surface area (Å²) in [5.74, 6) is -2.01. The molecule has 0 unspecified atom stereocenters. The minimum Gasteiger partial charge on any atom is -0.480 e. The van der Waals surface area contributed by atoms with Crippen molar-refractivity contribution in [1.82, 2.24) is 9.80 Å². The van der Waals surface area contributed by atoms with Crippen LogP contribution in [0.1, 0.15) is 10.4 Å². The second kappa shape index (κ2) is 7.72. The van der Waals surface area contributed by atoms with Crippen molar-refractivity contribution in [3.63, 3.8) is 0 Å². The van der Waals surface area contributed by atoms with Crippen molar-refractivity contribution in [2.45, 2.75) is 6.10 Å². The van der Waals surface area contributed by atoms with Gasteiger partial charge in [-0.2, -0.15) is 0 Å². The van der Waals surface area contributed by atoms with Gasteiger partial charge in [-0.15, -0.1) is 0 Å². The Kier molecular flexibility index (Phi) is 5.92. The molecule has 1 aliphatic rings. The number of carbonyl (C=O) groups excluding carboxylic acids is 1. The number of carboxylic acids is 1. The second-order valence-electron chi connectivity index (χ2n) is 5.46. The Hall–Kier alpha value is -1.70. The van der Waals surface area contributed by atoms with E-state index in [-0.39, 0.29) is 29.8 Å². The fraction of sp³-hybridized carbons (Fsp3) is 0.467. The summed E-state index contributed by atoms with van der Waals surface area (Å²) in [5, 5.41) is 8.99. The van der Waals surface area contributed by atoms with Crippen LogP contribution in [0.4, 0.5) is 4.39 Å². The lowest BCUT2D eigenvalue weighted by molar-refractivity contribution is -0.138. The smallest absolute Gasteiger partial charge is 0.317 e. The Balaban J connectivity index is 2.00. The minimum atomic E-state index is -0.931. The van der Waals surface area contributed by atoms with E-state index in [0.29, 0.717) is 19.7 Å². The molecule has 1 fully saturated rings. The molecule has 8 heteroatoms. The predicted octanol–water partition coefficient (Wildman–Crippen LogP) is 1.34. The molecule has 2 rings (SSSR count). The fourth-order valence-electron chi connectivity index (χ4n) is 2.49. The first-order chi connectivity index (χ1) is 10.9. The third kappa shape index (κ3) is 4.89. The molecule has 0 radical (unpaired) electrons. The van der Waals surface area contributed by atoms with Gasteiger partial charge in [-0.3, -0.25) is 14.5 Å². The lowest BCUT2D eigenvalue weighted by Gasteiger charge is -2.34. The van der Waals surface area contributed by atoms with Crippen molar-refractivity contribution in [2.24, 2.45) is 0 Å². The molecule has 0 spiro atoms. The molecule has 126 valence electrons. The van der Waals surface area contributed by atoms with Crippen LogP contribution in [-0.2, 0) is 9.53 Å². The Morgan fingerprint density at radius 2 is 2.26 bits per heavy atom. The van der Waals surface area contributed by atoms with Crippen molar-refractivity contribution < 1.29 is 23.8 Å². The van der Waals surface area contributed by atoms with E-state index in [2.05, 4.69) is 0 Å². The summed E-state index contributed by atoms with van der Waals surface area (Å²) < 4.78 is 19.4. The number of carboxylic acid groups (broad SMARTS) is 1. The standard InChI is InChI=1S/C15H18ClFN2O4/c1-18(9-14(20)21)7-11-8-19(4-5-23-11)15(22)12-3-2-10(16)6-13(12)17/h2-3,6,11H,4-5,7-9H2,1H3,(H,20,21)/t11-/m1/s1. The van der Waals surface area contributed by atoms with Crippen LogP contribution in [0.25, 0.3) is 0 Å². The van der Waals surface area contributed by atoms with E-state index in [1.54, 1.807) is 11.9 Å². The number of carbonyl (C=O) groups is 2. The van der Waals surface area contributed by atoms with Crippen LogP contribution in [0.2, 0.25) is 5.02 Å². The zero-order valence-corrected chi connectivity index (χ0v) is 13.4. The molecule has 1 aromatic rings. The summed E-state index contributed by atoms with van der Waals surface area (Å²) in [5.41, 5.74) is -0.0334. The highest BCUT2D eigenvalue weighted by atomic mass is 35.5. The van der Waals surface area contributed by atoms with Gasteiger partial charge in [0.2, 0.25) is 0 Å². The number of benzene rings is 1. The molecule has 6 nitrogen and oxygen atoms in total. The summed E-state index contributed by atoms with van der Waals surface area (Å²) >= 11 is 5.69. The van der Waals surface area contributed by atoms with Crippen LogP contribution in [0.5, 0.6) is 0 Å². The number of morpholine rings is 1. The number of nitrogens with zero attached hydrogens (tertiary/aromatic N) is 2. The molecular formula is C15H18ClFN2O4. The zero-order valence-electron chi connectivity index (χ0n) is 12.7. The molecule has 1 aliphatic heterocycles. The maximum absolute atomic E-state index is 13.9. The Morgan fingerprint density at radius 1 is 1.52 bits per heavy atom. The van der Waals surface area contributed by atoms with Crippen LogP contribution in [0.3, 0.4) is 0 Å². The normalized spacial score (nSPS) is 18.3. The Morgan fingerprint density at radius 3 is 2.91 bits per heavy atom. The quantitative estimate of drug-likeness (QED) is 0.872. The summed E-state index contributed by atoms with van der Waals surface area (Å²) in [6, 6.07) is 3.94. The lowest BCUT2D eigenvalue weighted by Crippen LogP contribution is -2.49. The molecule has 0 saturated carbocycles. The first kappa shape index (κ1) is 17.7. The van der Waals surface area contributed by atoms with Crippen molar-refractivity contribution >= 4 is 23.5 Å². The number of hydrogen-bond donors (Lipinski definition) is 1. The molecule has 1 aromatic carbocycles. The van der Waals surface area contributed by atoms with E-state index in [0.717, 1.165) is 6.07 Å². The lowest BCUT2D eigenvalue weighted by atomic mass is 10.1. The highest BCUT2D eigenvalue weighted by Crippen LogP contribution is 2.18. The Bertz CT molecular complexity index is 599. The molecule has 1 amide bonds. The zero-order chi connectivity index (χ0) is 17.0. The number of halogens is 2. The highest BCUT2D eigenvalue weighted by Gasteiger charge is 2.27. The number of ether oxygens (including phenoxy) is 1. The molecule has 0 aromatic heterocycles. The van der Waals surface area contributed by atoms with Gasteiger partial charge in [0, 0.05) is 24.7 Å². The van der Waals surface area contributed by atoms with Gasteiger partial charge in [0.05, 0.1) is 24.8 Å². The highest BCUT2D eigenvalue weighted by molar-refractivity contribution is 6.30. The maximum atomic E-state index is 13.9. The van der Waals surface area contributed by atoms with Crippen molar-refractivity contribution in [3.8, 4) is 0 Å². The van der Waals surface area contributed by atoms with Gasteiger partial charge in [-0.05, 0) is 25.2 Å². The molecular weight excluding hydrogens is 327 g/mol. The van der Waals surface area contributed by atoms with E-state index >= 15 is 0 Å². The molecule has 1 atom stereocenters. The maximum Gasteiger partial charge on any atom is 0.317 e. The van der Waals surface area contributed by atoms with Crippen molar-refractivity contribution in [3.05, 3.63) is 34.6 Å². The summed E-state index contributed by atoms with van der Waals surface area (Å²) in [4.78, 5) is 26.2. The van der Waals surface area contributed by atoms with Crippen molar-refractivity contribution in [1.29, 1.82) is 0 Å². The van der Waals surface area contributed by atoms with Crippen LogP contribution in [-0.4, -0.2) is 72.7 Å². The monoisotopic (exact) mass is 344 g/mol. The average molecular weight is 345 g/mol. The number of hydrogen-bond acceptors (Lipinski definition) is 4. The number of likely N-dealkylation sites (N-methyl/N-ethyl adjacent to an activating group) is 1. The molecule has 1 heterocycles. The van der Waals surface area contributed by atoms with Crippen LogP contribution >= 0.6 is 11.6 Å². The van der Waals surface area contributed by atoms with Crippen LogP contribution < -0.4 is 0 Å². The third-order valence-electron chi connectivity index (χ3n) is 3.51. The Labute approximate surface area is 138 Å². The molecule has 23 heavy (non-hydrogen) atoms. The average Bonchev–Trinajstić information content (AvgIpc) is 2.46. The van der Waals surface area contributed by atoms with Gasteiger partial charge < -0.3 is 14.7 Å². The molecule has 0 bridgehead atoms. The van der Waals surface area contributed by atoms with Crippen molar-refractivity contribution in [2.75, 3.05) is 39.8 Å². The van der Waals surface area contributed by atoms with Gasteiger partial charge in [-0.1, -0.05) is 11.6 Å². The summed E-state index contributed by atoms with van der Waals surface area (Å²) in [6.45, 7) is 1.23. The fourth-order valence-corrected chi connectivity index (χ4v) is 2.65. The number of rotatable bonds is 5. The van der Waals surface area contributed by atoms with E-state index in [1.807, 2.05) is 0 Å². The first-order valence-corrected chi connectivity index (χ1v) is 7.51. The van der Waals surface area contributed by atoms with Gasteiger partial charge in [0.1, 0.15) is 5.82 Å². The topological polar surface area (TPSA) is 70.1 Å². The predicted molar refractivity (Wildman–Crippen MR) is 82.2 cm³/mol.